The van der Waals surface area contributed by atoms with Crippen molar-refractivity contribution in [1.82, 2.24) is 9.97 Å². The number of rotatable bonds is 6. The number of hydrogen-bond donors (Lipinski definition) is 2. The van der Waals surface area contributed by atoms with Crippen LogP contribution in [0.3, 0.4) is 0 Å². The molecule has 0 unspecified atom stereocenters. The monoisotopic (exact) mass is 394 g/mol. The number of nitrogens with one attached hydrogen (secondary N) is 2. The average molecular weight is 395 g/mol. The van der Waals surface area contributed by atoms with Crippen molar-refractivity contribution in [3.05, 3.63) is 89.6 Å². The van der Waals surface area contributed by atoms with Gasteiger partial charge in [0.15, 0.2) is 0 Å². The number of nitrogens with zero attached hydrogens (tertiary/aromatic N) is 2. The Morgan fingerprint density at radius 2 is 1.82 bits per heavy atom. The third-order valence-corrected chi connectivity index (χ3v) is 4.28. The third-order valence-electron chi connectivity index (χ3n) is 4.00. The quantitative estimate of drug-likeness (QED) is 0.427. The Morgan fingerprint density at radius 3 is 2.57 bits per heavy atom. The molecule has 0 fully saturated rings. The van der Waals surface area contributed by atoms with Crippen LogP contribution in [0.1, 0.15) is 5.76 Å². The van der Waals surface area contributed by atoms with Gasteiger partial charge in [-0.05, 0) is 30.3 Å². The van der Waals surface area contributed by atoms with Crippen LogP contribution in [0.5, 0.6) is 0 Å². The van der Waals surface area contributed by atoms with Crippen LogP contribution in [0, 0.1) is 5.82 Å². The van der Waals surface area contributed by atoms with Crippen LogP contribution < -0.4 is 10.6 Å². The van der Waals surface area contributed by atoms with Gasteiger partial charge in [-0.15, -0.1) is 0 Å². The fourth-order valence-electron chi connectivity index (χ4n) is 2.64. The largest absolute Gasteiger partial charge is 0.467 e. The van der Waals surface area contributed by atoms with Crippen LogP contribution in [0.2, 0.25) is 5.02 Å². The van der Waals surface area contributed by atoms with Gasteiger partial charge in [0.25, 0.3) is 0 Å². The molecular formula is C21H16ClFN4O. The summed E-state index contributed by atoms with van der Waals surface area (Å²) < 4.78 is 18.8. The molecule has 0 aliphatic heterocycles. The number of aromatic nitrogens is 2. The van der Waals surface area contributed by atoms with Crippen molar-refractivity contribution in [1.29, 1.82) is 0 Å². The SMILES string of the molecule is Fc1ccc(Nc2nc(NCc3ccco3)cc(-c3ccccc3)n2)cc1Cl. The van der Waals surface area contributed by atoms with Gasteiger partial charge < -0.3 is 15.1 Å². The van der Waals surface area contributed by atoms with Crippen molar-refractivity contribution in [3.63, 3.8) is 0 Å². The molecule has 0 saturated carbocycles. The molecule has 0 aliphatic rings. The molecule has 2 aromatic heterocycles. The van der Waals surface area contributed by atoms with E-state index in [1.807, 2.05) is 48.5 Å². The van der Waals surface area contributed by atoms with Crippen LogP contribution in [0.25, 0.3) is 11.3 Å². The predicted octanol–water partition coefficient (Wildman–Crippen LogP) is 5.88. The summed E-state index contributed by atoms with van der Waals surface area (Å²) in [5.74, 6) is 1.30. The van der Waals surface area contributed by atoms with E-state index in [4.69, 9.17) is 16.0 Å². The topological polar surface area (TPSA) is 63.0 Å². The van der Waals surface area contributed by atoms with E-state index in [9.17, 15) is 4.39 Å². The molecule has 4 aromatic rings. The molecule has 0 saturated heterocycles. The summed E-state index contributed by atoms with van der Waals surface area (Å²) in [5, 5.41) is 6.34. The average Bonchev–Trinajstić information content (AvgIpc) is 3.23. The van der Waals surface area contributed by atoms with Crippen molar-refractivity contribution < 1.29 is 8.81 Å². The van der Waals surface area contributed by atoms with Gasteiger partial charge in [-0.3, -0.25) is 0 Å². The molecule has 2 N–H and O–H groups in total. The molecule has 0 amide bonds. The van der Waals surface area contributed by atoms with Crippen molar-refractivity contribution in [2.24, 2.45) is 0 Å². The Kier molecular flexibility index (Phi) is 5.21. The maximum absolute atomic E-state index is 13.4. The molecule has 0 atom stereocenters. The minimum Gasteiger partial charge on any atom is -0.467 e. The van der Waals surface area contributed by atoms with Crippen molar-refractivity contribution in [2.75, 3.05) is 10.6 Å². The molecular weight excluding hydrogens is 379 g/mol. The van der Waals surface area contributed by atoms with E-state index in [2.05, 4.69) is 20.6 Å². The molecule has 2 aromatic carbocycles. The number of benzene rings is 2. The standard InChI is InChI=1S/C21H16ClFN4O/c22-17-11-15(8-9-18(17)23)25-21-26-19(14-5-2-1-3-6-14)12-20(27-21)24-13-16-7-4-10-28-16/h1-12H,13H2,(H2,24,25,26,27). The number of halogens is 2. The molecule has 5 nitrogen and oxygen atoms in total. The first kappa shape index (κ1) is 18.0. The minimum atomic E-state index is -0.480. The van der Waals surface area contributed by atoms with Crippen molar-refractivity contribution in [3.8, 4) is 11.3 Å². The van der Waals surface area contributed by atoms with E-state index in [0.29, 0.717) is 24.0 Å². The molecule has 2 heterocycles. The predicted molar refractivity (Wildman–Crippen MR) is 108 cm³/mol. The lowest BCUT2D eigenvalue weighted by Crippen LogP contribution is -2.05. The second-order valence-corrected chi connectivity index (χ2v) is 6.42. The molecule has 7 heteroatoms. The minimum absolute atomic E-state index is 0.0281. The second-order valence-electron chi connectivity index (χ2n) is 6.01. The highest BCUT2D eigenvalue weighted by atomic mass is 35.5. The Labute approximate surface area is 166 Å². The van der Waals surface area contributed by atoms with E-state index in [-0.39, 0.29) is 5.02 Å². The maximum atomic E-state index is 13.4. The van der Waals surface area contributed by atoms with Crippen LogP contribution in [0.15, 0.2) is 77.4 Å². The zero-order valence-corrected chi connectivity index (χ0v) is 15.4. The highest BCUT2D eigenvalue weighted by Crippen LogP contribution is 2.25. The molecule has 0 bridgehead atoms. The summed E-state index contributed by atoms with van der Waals surface area (Å²) in [6.07, 6.45) is 1.62. The number of furan rings is 1. The van der Waals surface area contributed by atoms with E-state index < -0.39 is 5.82 Å². The molecule has 140 valence electrons. The third kappa shape index (κ3) is 4.29. The van der Waals surface area contributed by atoms with E-state index in [1.165, 1.54) is 12.1 Å². The summed E-state index contributed by atoms with van der Waals surface area (Å²) in [6.45, 7) is 0.486. The van der Waals surface area contributed by atoms with Gasteiger partial charge >= 0.3 is 0 Å². The van der Waals surface area contributed by atoms with E-state index >= 15 is 0 Å². The van der Waals surface area contributed by atoms with Gasteiger partial charge in [0.2, 0.25) is 5.95 Å². The highest BCUT2D eigenvalue weighted by molar-refractivity contribution is 6.31. The zero-order chi connectivity index (χ0) is 19.3. The van der Waals surface area contributed by atoms with Crippen LogP contribution in [0.4, 0.5) is 21.8 Å². The molecule has 0 radical (unpaired) electrons. The smallest absolute Gasteiger partial charge is 0.229 e. The van der Waals surface area contributed by atoms with Gasteiger partial charge in [0.1, 0.15) is 17.4 Å². The van der Waals surface area contributed by atoms with E-state index in [1.54, 1.807) is 12.3 Å². The zero-order valence-electron chi connectivity index (χ0n) is 14.7. The fourth-order valence-corrected chi connectivity index (χ4v) is 2.82. The van der Waals surface area contributed by atoms with Gasteiger partial charge in [-0.2, -0.15) is 4.98 Å². The van der Waals surface area contributed by atoms with Crippen molar-refractivity contribution >= 4 is 29.1 Å². The lowest BCUT2D eigenvalue weighted by Gasteiger charge is -2.11. The Bertz CT molecular complexity index is 1070. The first-order valence-electron chi connectivity index (χ1n) is 8.60. The summed E-state index contributed by atoms with van der Waals surface area (Å²) in [4.78, 5) is 9.07. The molecule has 4 rings (SSSR count). The Morgan fingerprint density at radius 1 is 0.964 bits per heavy atom. The second kappa shape index (κ2) is 8.10. The maximum Gasteiger partial charge on any atom is 0.229 e. The highest BCUT2D eigenvalue weighted by Gasteiger charge is 2.09. The summed E-state index contributed by atoms with van der Waals surface area (Å²) in [7, 11) is 0. The van der Waals surface area contributed by atoms with Crippen LogP contribution in [-0.4, -0.2) is 9.97 Å². The van der Waals surface area contributed by atoms with Gasteiger partial charge in [-0.25, -0.2) is 9.37 Å². The lowest BCUT2D eigenvalue weighted by atomic mass is 10.1. The lowest BCUT2D eigenvalue weighted by molar-refractivity contribution is 0.518. The Balaban J connectivity index is 1.65. The molecule has 28 heavy (non-hydrogen) atoms. The summed E-state index contributed by atoms with van der Waals surface area (Å²) in [5.41, 5.74) is 2.29. The Hall–Kier alpha value is -3.38. The summed E-state index contributed by atoms with van der Waals surface area (Å²) >= 11 is 5.87. The van der Waals surface area contributed by atoms with Gasteiger partial charge in [0.05, 0.1) is 23.5 Å². The first-order valence-corrected chi connectivity index (χ1v) is 8.98. The van der Waals surface area contributed by atoms with E-state index in [0.717, 1.165) is 17.0 Å². The van der Waals surface area contributed by atoms with Gasteiger partial charge in [-0.1, -0.05) is 41.9 Å². The molecule has 0 spiro atoms. The van der Waals surface area contributed by atoms with Crippen molar-refractivity contribution in [2.45, 2.75) is 6.54 Å². The van der Waals surface area contributed by atoms with Crippen LogP contribution >= 0.6 is 11.6 Å². The first-order chi connectivity index (χ1) is 13.7. The molecule has 0 aliphatic carbocycles. The van der Waals surface area contributed by atoms with Gasteiger partial charge in [0, 0.05) is 17.3 Å². The normalized spacial score (nSPS) is 10.6. The van der Waals surface area contributed by atoms with Crippen LogP contribution in [-0.2, 0) is 6.54 Å². The fraction of sp³-hybridized carbons (Fsp3) is 0.0476. The number of hydrogen-bond acceptors (Lipinski definition) is 5. The summed E-state index contributed by atoms with van der Waals surface area (Å²) in [6, 6.07) is 19.7. The number of anilines is 3.